The second-order valence-corrected chi connectivity index (χ2v) is 3.98. The number of aromatic nitrogens is 1. The molecule has 5 nitrogen and oxygen atoms in total. The predicted molar refractivity (Wildman–Crippen MR) is 64.9 cm³/mol. The van der Waals surface area contributed by atoms with E-state index in [4.69, 9.17) is 9.52 Å². The van der Waals surface area contributed by atoms with Gasteiger partial charge in [-0.1, -0.05) is 6.07 Å². The van der Waals surface area contributed by atoms with Crippen molar-refractivity contribution in [2.75, 3.05) is 13.2 Å². The van der Waals surface area contributed by atoms with Crippen molar-refractivity contribution in [3.63, 3.8) is 0 Å². The van der Waals surface area contributed by atoms with E-state index in [2.05, 4.69) is 5.32 Å². The Labute approximate surface area is 98.7 Å². The van der Waals surface area contributed by atoms with Gasteiger partial charge in [-0.2, -0.15) is 0 Å². The molecule has 0 aliphatic rings. The summed E-state index contributed by atoms with van der Waals surface area (Å²) in [4.78, 5) is 11.3. The van der Waals surface area contributed by atoms with Gasteiger partial charge in [0.2, 0.25) is 0 Å². The molecule has 0 aliphatic carbocycles. The molecule has 92 valence electrons. The number of aliphatic hydroxyl groups is 1. The molecular formula is C12H16N2O3. The first-order valence-electron chi connectivity index (χ1n) is 5.62. The summed E-state index contributed by atoms with van der Waals surface area (Å²) < 4.78 is 6.59. The molecule has 0 saturated heterocycles. The number of hydrogen-bond acceptors (Lipinski definition) is 4. The summed E-state index contributed by atoms with van der Waals surface area (Å²) >= 11 is 0. The Balaban J connectivity index is 2.12. The van der Waals surface area contributed by atoms with Gasteiger partial charge in [-0.3, -0.25) is 4.57 Å². The van der Waals surface area contributed by atoms with Gasteiger partial charge in [0.05, 0.1) is 5.52 Å². The maximum atomic E-state index is 11.3. The standard InChI is InChI=1S/C12H16N2O3/c1-14-10-4-3-9(8-13-5-2-6-15)7-11(10)17-12(14)16/h3-4,7,13,15H,2,5-6,8H2,1H3. The lowest BCUT2D eigenvalue weighted by atomic mass is 10.2. The van der Waals surface area contributed by atoms with Gasteiger partial charge < -0.3 is 14.8 Å². The molecule has 17 heavy (non-hydrogen) atoms. The van der Waals surface area contributed by atoms with Crippen LogP contribution in [0.5, 0.6) is 0 Å². The molecule has 1 heterocycles. The predicted octanol–water partition coefficient (Wildman–Crippen LogP) is 0.603. The molecule has 1 aromatic heterocycles. The largest absolute Gasteiger partial charge is 0.419 e. The Morgan fingerprint density at radius 3 is 3.06 bits per heavy atom. The molecule has 0 saturated carbocycles. The molecule has 2 aromatic rings. The second-order valence-electron chi connectivity index (χ2n) is 3.98. The van der Waals surface area contributed by atoms with Crippen molar-refractivity contribution in [1.29, 1.82) is 0 Å². The van der Waals surface area contributed by atoms with Gasteiger partial charge in [0, 0.05) is 20.2 Å². The maximum Gasteiger partial charge on any atom is 0.419 e. The van der Waals surface area contributed by atoms with Gasteiger partial charge in [-0.05, 0) is 30.7 Å². The lowest BCUT2D eigenvalue weighted by molar-refractivity contribution is 0.286. The fraction of sp³-hybridized carbons (Fsp3) is 0.417. The number of nitrogens with one attached hydrogen (secondary N) is 1. The zero-order valence-electron chi connectivity index (χ0n) is 9.77. The molecule has 2 rings (SSSR count). The zero-order valence-corrected chi connectivity index (χ0v) is 9.77. The highest BCUT2D eigenvalue weighted by Crippen LogP contribution is 2.13. The summed E-state index contributed by atoms with van der Waals surface area (Å²) in [6.45, 7) is 1.67. The van der Waals surface area contributed by atoms with E-state index in [9.17, 15) is 4.79 Å². The number of aliphatic hydroxyl groups excluding tert-OH is 1. The van der Waals surface area contributed by atoms with Crippen LogP contribution >= 0.6 is 0 Å². The van der Waals surface area contributed by atoms with Crippen molar-refractivity contribution in [1.82, 2.24) is 9.88 Å². The summed E-state index contributed by atoms with van der Waals surface area (Å²) in [5, 5.41) is 11.8. The molecule has 0 radical (unpaired) electrons. The number of aryl methyl sites for hydroxylation is 1. The van der Waals surface area contributed by atoms with E-state index in [1.54, 1.807) is 7.05 Å². The number of benzene rings is 1. The molecule has 0 fully saturated rings. The lowest BCUT2D eigenvalue weighted by Gasteiger charge is -2.03. The van der Waals surface area contributed by atoms with E-state index < -0.39 is 0 Å². The Morgan fingerprint density at radius 2 is 2.29 bits per heavy atom. The van der Waals surface area contributed by atoms with Crippen molar-refractivity contribution >= 4 is 11.1 Å². The normalized spacial score (nSPS) is 11.2. The van der Waals surface area contributed by atoms with Gasteiger partial charge in [-0.25, -0.2) is 4.79 Å². The minimum absolute atomic E-state index is 0.194. The molecular weight excluding hydrogens is 220 g/mol. The highest BCUT2D eigenvalue weighted by atomic mass is 16.4. The molecule has 1 aromatic carbocycles. The van der Waals surface area contributed by atoms with Gasteiger partial charge in [0.15, 0.2) is 5.58 Å². The van der Waals surface area contributed by atoms with Crippen LogP contribution in [-0.2, 0) is 13.6 Å². The van der Waals surface area contributed by atoms with Crippen LogP contribution in [0.4, 0.5) is 0 Å². The fourth-order valence-electron chi connectivity index (χ4n) is 1.73. The number of nitrogens with zero attached hydrogens (tertiary/aromatic N) is 1. The maximum absolute atomic E-state index is 11.3. The molecule has 2 N–H and O–H groups in total. The van der Waals surface area contributed by atoms with E-state index >= 15 is 0 Å². The molecule has 0 unspecified atom stereocenters. The monoisotopic (exact) mass is 236 g/mol. The first-order valence-corrected chi connectivity index (χ1v) is 5.62. The first kappa shape index (κ1) is 11.9. The summed E-state index contributed by atoms with van der Waals surface area (Å²) in [7, 11) is 1.69. The fourth-order valence-corrected chi connectivity index (χ4v) is 1.73. The van der Waals surface area contributed by atoms with Crippen LogP contribution in [0.25, 0.3) is 11.1 Å². The third kappa shape index (κ3) is 2.57. The Kier molecular flexibility index (Phi) is 3.61. The summed E-state index contributed by atoms with van der Waals surface area (Å²) in [6, 6.07) is 5.70. The molecule has 0 atom stereocenters. The number of rotatable bonds is 5. The van der Waals surface area contributed by atoms with Crippen molar-refractivity contribution < 1.29 is 9.52 Å². The van der Waals surface area contributed by atoms with Crippen LogP contribution in [-0.4, -0.2) is 22.8 Å². The van der Waals surface area contributed by atoms with E-state index in [0.29, 0.717) is 12.1 Å². The van der Waals surface area contributed by atoms with Gasteiger partial charge in [0.25, 0.3) is 0 Å². The molecule has 0 amide bonds. The van der Waals surface area contributed by atoms with Crippen molar-refractivity contribution in [2.24, 2.45) is 7.05 Å². The minimum Gasteiger partial charge on any atom is -0.408 e. The van der Waals surface area contributed by atoms with Crippen LogP contribution in [0.3, 0.4) is 0 Å². The Morgan fingerprint density at radius 1 is 1.47 bits per heavy atom. The van der Waals surface area contributed by atoms with E-state index in [1.807, 2.05) is 18.2 Å². The van der Waals surface area contributed by atoms with Crippen molar-refractivity contribution in [2.45, 2.75) is 13.0 Å². The molecule has 0 bridgehead atoms. The zero-order chi connectivity index (χ0) is 12.3. The van der Waals surface area contributed by atoms with Crippen LogP contribution in [0.2, 0.25) is 0 Å². The average Bonchev–Trinajstić information content (AvgIpc) is 2.61. The summed E-state index contributed by atoms with van der Waals surface area (Å²) in [5.41, 5.74) is 2.47. The minimum atomic E-state index is -0.342. The van der Waals surface area contributed by atoms with Gasteiger partial charge in [-0.15, -0.1) is 0 Å². The van der Waals surface area contributed by atoms with Crippen LogP contribution in [0.1, 0.15) is 12.0 Å². The number of hydrogen-bond donors (Lipinski definition) is 2. The summed E-state index contributed by atoms with van der Waals surface area (Å²) in [5.74, 6) is -0.342. The van der Waals surface area contributed by atoms with Crippen LogP contribution in [0, 0.1) is 0 Å². The average molecular weight is 236 g/mol. The molecule has 0 aliphatic heterocycles. The lowest BCUT2D eigenvalue weighted by Crippen LogP contribution is -2.15. The quantitative estimate of drug-likeness (QED) is 0.746. The smallest absolute Gasteiger partial charge is 0.408 e. The topological polar surface area (TPSA) is 67.4 Å². The molecule has 5 heteroatoms. The highest BCUT2D eigenvalue weighted by molar-refractivity contribution is 5.73. The van der Waals surface area contributed by atoms with E-state index in [-0.39, 0.29) is 12.4 Å². The Bertz CT molecular complexity index is 556. The first-order chi connectivity index (χ1) is 8.22. The van der Waals surface area contributed by atoms with Gasteiger partial charge >= 0.3 is 5.76 Å². The van der Waals surface area contributed by atoms with Crippen molar-refractivity contribution in [3.05, 3.63) is 34.3 Å². The van der Waals surface area contributed by atoms with E-state index in [0.717, 1.165) is 24.0 Å². The SMILES string of the molecule is Cn1c(=O)oc2cc(CNCCCO)ccc21. The van der Waals surface area contributed by atoms with E-state index in [1.165, 1.54) is 4.57 Å². The number of fused-ring (bicyclic) bond motifs is 1. The van der Waals surface area contributed by atoms with Crippen LogP contribution in [0.15, 0.2) is 27.4 Å². The summed E-state index contributed by atoms with van der Waals surface area (Å²) in [6.07, 6.45) is 0.739. The second kappa shape index (κ2) is 5.16. The number of oxazole rings is 1. The van der Waals surface area contributed by atoms with Crippen molar-refractivity contribution in [3.8, 4) is 0 Å². The highest BCUT2D eigenvalue weighted by Gasteiger charge is 2.05. The third-order valence-electron chi connectivity index (χ3n) is 2.70. The van der Waals surface area contributed by atoms with Gasteiger partial charge in [0.1, 0.15) is 0 Å². The third-order valence-corrected chi connectivity index (χ3v) is 2.70. The van der Waals surface area contributed by atoms with Crippen LogP contribution < -0.4 is 11.1 Å². The Hall–Kier alpha value is -1.59. The molecule has 0 spiro atoms.